The topological polar surface area (TPSA) is 59.6 Å². The normalized spacial score (nSPS) is 20.7. The summed E-state index contributed by atoms with van der Waals surface area (Å²) in [5.41, 5.74) is 2.14. The predicted molar refractivity (Wildman–Crippen MR) is 87.6 cm³/mol. The summed E-state index contributed by atoms with van der Waals surface area (Å²) in [4.78, 5) is 11.8. The van der Waals surface area contributed by atoms with Gasteiger partial charge in [-0.3, -0.25) is 10.1 Å². The van der Waals surface area contributed by atoms with Crippen molar-refractivity contribution in [3.63, 3.8) is 0 Å². The van der Waals surface area contributed by atoms with E-state index < -0.39 is 0 Å². The third kappa shape index (κ3) is 3.29. The molecular formula is C18H20N2O3. The van der Waals surface area contributed by atoms with Gasteiger partial charge in [-0.05, 0) is 35.4 Å². The molecule has 1 fully saturated rings. The lowest BCUT2D eigenvalue weighted by Crippen LogP contribution is -2.49. The van der Waals surface area contributed by atoms with E-state index in [4.69, 9.17) is 9.47 Å². The lowest BCUT2D eigenvalue weighted by molar-refractivity contribution is -0.123. The summed E-state index contributed by atoms with van der Waals surface area (Å²) in [5, 5.41) is 6.39. The van der Waals surface area contributed by atoms with Gasteiger partial charge in [0.1, 0.15) is 11.5 Å². The largest absolute Gasteiger partial charge is 0.497 e. The Bertz CT molecular complexity index is 668. The van der Waals surface area contributed by atoms with Gasteiger partial charge in [-0.2, -0.15) is 0 Å². The fourth-order valence-corrected chi connectivity index (χ4v) is 2.84. The van der Waals surface area contributed by atoms with E-state index in [0.29, 0.717) is 6.54 Å². The Kier molecular flexibility index (Phi) is 4.48. The Hall–Kier alpha value is -2.53. The van der Waals surface area contributed by atoms with Crippen LogP contribution in [0.4, 0.5) is 0 Å². The van der Waals surface area contributed by atoms with E-state index in [9.17, 15) is 4.79 Å². The van der Waals surface area contributed by atoms with Crippen molar-refractivity contribution >= 4 is 5.91 Å². The van der Waals surface area contributed by atoms with Crippen molar-refractivity contribution in [3.05, 3.63) is 59.7 Å². The number of ether oxygens (including phenoxy) is 2. The van der Waals surface area contributed by atoms with Crippen molar-refractivity contribution in [1.29, 1.82) is 0 Å². The molecule has 5 heteroatoms. The van der Waals surface area contributed by atoms with Crippen LogP contribution in [0, 0.1) is 0 Å². The number of carbonyl (C=O) groups is 1. The highest BCUT2D eigenvalue weighted by Gasteiger charge is 2.30. The lowest BCUT2D eigenvalue weighted by atomic mass is 9.91. The molecule has 120 valence electrons. The van der Waals surface area contributed by atoms with Gasteiger partial charge >= 0.3 is 0 Å². The first-order valence-corrected chi connectivity index (χ1v) is 7.52. The Labute approximate surface area is 135 Å². The number of piperazine rings is 1. The van der Waals surface area contributed by atoms with Crippen LogP contribution in [0.25, 0.3) is 0 Å². The molecule has 2 atom stereocenters. The maximum absolute atomic E-state index is 11.8. The SMILES string of the molecule is COc1ccc(C2NCC(=O)NC2c2ccc(OC)cc2)cc1. The first-order valence-electron chi connectivity index (χ1n) is 7.52. The number of methoxy groups -OCH3 is 2. The monoisotopic (exact) mass is 312 g/mol. The molecule has 2 aromatic rings. The van der Waals surface area contributed by atoms with Gasteiger partial charge in [0.2, 0.25) is 5.91 Å². The molecule has 0 spiro atoms. The van der Waals surface area contributed by atoms with E-state index in [1.54, 1.807) is 14.2 Å². The molecule has 1 amide bonds. The van der Waals surface area contributed by atoms with Gasteiger partial charge < -0.3 is 14.8 Å². The molecule has 23 heavy (non-hydrogen) atoms. The van der Waals surface area contributed by atoms with Crippen molar-refractivity contribution in [1.82, 2.24) is 10.6 Å². The van der Waals surface area contributed by atoms with Crippen molar-refractivity contribution in [2.45, 2.75) is 12.1 Å². The average Bonchev–Trinajstić information content (AvgIpc) is 2.62. The Balaban J connectivity index is 1.90. The lowest BCUT2D eigenvalue weighted by Gasteiger charge is -2.34. The van der Waals surface area contributed by atoms with Crippen LogP contribution < -0.4 is 20.1 Å². The number of hydrogen-bond acceptors (Lipinski definition) is 4. The standard InChI is InChI=1S/C18H20N2O3/c1-22-14-7-3-12(4-8-14)17-18(20-16(21)11-19-17)13-5-9-15(23-2)10-6-13/h3-10,17-19H,11H2,1-2H3,(H,20,21). The van der Waals surface area contributed by atoms with Crippen LogP contribution in [0.3, 0.4) is 0 Å². The zero-order valence-electron chi connectivity index (χ0n) is 13.2. The molecule has 1 saturated heterocycles. The fraction of sp³-hybridized carbons (Fsp3) is 0.278. The number of amides is 1. The van der Waals surface area contributed by atoms with Crippen LogP contribution in [0.5, 0.6) is 11.5 Å². The van der Waals surface area contributed by atoms with Crippen LogP contribution in [0.2, 0.25) is 0 Å². The molecule has 1 aliphatic rings. The molecule has 2 unspecified atom stereocenters. The smallest absolute Gasteiger partial charge is 0.234 e. The van der Waals surface area contributed by atoms with E-state index >= 15 is 0 Å². The Morgan fingerprint density at radius 3 is 1.78 bits per heavy atom. The molecule has 1 heterocycles. The van der Waals surface area contributed by atoms with Crippen LogP contribution >= 0.6 is 0 Å². The fourth-order valence-electron chi connectivity index (χ4n) is 2.84. The number of benzene rings is 2. The van der Waals surface area contributed by atoms with Crippen molar-refractivity contribution in [2.75, 3.05) is 20.8 Å². The van der Waals surface area contributed by atoms with Crippen LogP contribution in [0.1, 0.15) is 23.2 Å². The van der Waals surface area contributed by atoms with Gasteiger partial charge in [0.15, 0.2) is 0 Å². The van der Waals surface area contributed by atoms with Gasteiger partial charge in [-0.1, -0.05) is 24.3 Å². The van der Waals surface area contributed by atoms with Crippen molar-refractivity contribution in [2.24, 2.45) is 0 Å². The summed E-state index contributed by atoms with van der Waals surface area (Å²) in [6.07, 6.45) is 0. The Morgan fingerprint density at radius 1 is 0.826 bits per heavy atom. The van der Waals surface area contributed by atoms with Gasteiger partial charge in [0.05, 0.1) is 32.8 Å². The van der Waals surface area contributed by atoms with Gasteiger partial charge in [0.25, 0.3) is 0 Å². The third-order valence-electron chi connectivity index (χ3n) is 4.08. The van der Waals surface area contributed by atoms with E-state index in [-0.39, 0.29) is 18.0 Å². The second-order valence-electron chi connectivity index (χ2n) is 5.45. The molecule has 0 aliphatic carbocycles. The number of rotatable bonds is 4. The third-order valence-corrected chi connectivity index (χ3v) is 4.08. The van der Waals surface area contributed by atoms with Crippen LogP contribution in [0.15, 0.2) is 48.5 Å². The highest BCUT2D eigenvalue weighted by atomic mass is 16.5. The molecule has 3 rings (SSSR count). The first kappa shape index (κ1) is 15.4. The van der Waals surface area contributed by atoms with E-state index in [2.05, 4.69) is 10.6 Å². The van der Waals surface area contributed by atoms with Gasteiger partial charge in [0, 0.05) is 0 Å². The maximum Gasteiger partial charge on any atom is 0.234 e. The highest BCUT2D eigenvalue weighted by molar-refractivity contribution is 5.79. The summed E-state index contributed by atoms with van der Waals surface area (Å²) in [7, 11) is 3.29. The first-order chi connectivity index (χ1) is 11.2. The minimum absolute atomic E-state index is 0.00409. The second kappa shape index (κ2) is 6.71. The van der Waals surface area contributed by atoms with Gasteiger partial charge in [-0.15, -0.1) is 0 Å². The minimum Gasteiger partial charge on any atom is -0.497 e. The zero-order chi connectivity index (χ0) is 16.2. The van der Waals surface area contributed by atoms with Gasteiger partial charge in [-0.25, -0.2) is 0 Å². The Morgan fingerprint density at radius 2 is 1.30 bits per heavy atom. The van der Waals surface area contributed by atoms with E-state index in [1.807, 2.05) is 48.5 Å². The summed E-state index contributed by atoms with van der Waals surface area (Å²) >= 11 is 0. The molecule has 0 radical (unpaired) electrons. The molecular weight excluding hydrogens is 292 g/mol. The summed E-state index contributed by atoms with van der Waals surface area (Å²) < 4.78 is 10.4. The number of nitrogens with one attached hydrogen (secondary N) is 2. The van der Waals surface area contributed by atoms with Crippen molar-refractivity contribution in [3.8, 4) is 11.5 Å². The summed E-state index contributed by atoms with van der Waals surface area (Å²) in [6.45, 7) is 0.309. The van der Waals surface area contributed by atoms with Crippen molar-refractivity contribution < 1.29 is 14.3 Å². The summed E-state index contributed by atoms with van der Waals surface area (Å²) in [6, 6.07) is 15.5. The van der Waals surface area contributed by atoms with E-state index in [0.717, 1.165) is 22.6 Å². The molecule has 2 aromatic carbocycles. The molecule has 0 aromatic heterocycles. The molecule has 5 nitrogen and oxygen atoms in total. The molecule has 0 bridgehead atoms. The minimum atomic E-state index is -0.129. The number of hydrogen-bond donors (Lipinski definition) is 2. The zero-order valence-corrected chi connectivity index (χ0v) is 13.2. The predicted octanol–water partition coefficient (Wildman–Crippen LogP) is 2.21. The maximum atomic E-state index is 11.8. The molecule has 2 N–H and O–H groups in total. The molecule has 1 aliphatic heterocycles. The number of carbonyl (C=O) groups excluding carboxylic acids is 1. The highest BCUT2D eigenvalue weighted by Crippen LogP contribution is 2.32. The average molecular weight is 312 g/mol. The summed E-state index contributed by atoms with van der Waals surface area (Å²) in [5.74, 6) is 1.61. The van der Waals surface area contributed by atoms with Crippen LogP contribution in [-0.2, 0) is 4.79 Å². The van der Waals surface area contributed by atoms with Crippen LogP contribution in [-0.4, -0.2) is 26.7 Å². The quantitative estimate of drug-likeness (QED) is 0.909. The molecule has 0 saturated carbocycles. The van der Waals surface area contributed by atoms with E-state index in [1.165, 1.54) is 0 Å². The second-order valence-corrected chi connectivity index (χ2v) is 5.45.